The molecule has 32 heavy (non-hydrogen) atoms. The van der Waals surface area contributed by atoms with Gasteiger partial charge in [-0.05, 0) is 55.8 Å². The number of aliphatic hydroxyl groups excluding tert-OH is 1. The van der Waals surface area contributed by atoms with E-state index >= 15 is 0 Å². The molecule has 0 bridgehead atoms. The van der Waals surface area contributed by atoms with E-state index in [9.17, 15) is 9.18 Å². The van der Waals surface area contributed by atoms with Crippen molar-refractivity contribution in [1.29, 1.82) is 0 Å². The molecule has 1 aliphatic heterocycles. The van der Waals surface area contributed by atoms with Gasteiger partial charge >= 0.3 is 0 Å². The molecule has 0 saturated carbocycles. The summed E-state index contributed by atoms with van der Waals surface area (Å²) in [7, 11) is 0. The van der Waals surface area contributed by atoms with E-state index < -0.39 is 17.8 Å². The number of benzene rings is 1. The highest BCUT2D eigenvalue weighted by molar-refractivity contribution is 5.94. The van der Waals surface area contributed by atoms with Crippen LogP contribution in [0.3, 0.4) is 0 Å². The first-order chi connectivity index (χ1) is 15.4. The lowest BCUT2D eigenvalue weighted by Crippen LogP contribution is -2.35. The Hall–Kier alpha value is -2.68. The van der Waals surface area contributed by atoms with Crippen LogP contribution in [0.1, 0.15) is 68.6 Å². The second-order valence-corrected chi connectivity index (χ2v) is 8.71. The Bertz CT molecular complexity index is 881. The van der Waals surface area contributed by atoms with Crippen LogP contribution < -0.4 is 15.0 Å². The molecule has 0 unspecified atom stereocenters. The first kappa shape index (κ1) is 24.0. The maximum Gasteiger partial charge on any atom is 0.266 e. The van der Waals surface area contributed by atoms with Gasteiger partial charge in [0.15, 0.2) is 0 Å². The lowest BCUT2D eigenvalue weighted by molar-refractivity contribution is 0.0918. The molecular formula is C23H33FN4O4. The van der Waals surface area contributed by atoms with Crippen molar-refractivity contribution in [2.75, 3.05) is 31.2 Å². The number of hydrogen-bond donors (Lipinski definition) is 2. The van der Waals surface area contributed by atoms with Gasteiger partial charge in [-0.2, -0.15) is 4.98 Å². The Morgan fingerprint density at radius 1 is 1.34 bits per heavy atom. The number of carbonyl (C=O) groups is 1. The smallest absolute Gasteiger partial charge is 0.266 e. The molecule has 1 fully saturated rings. The largest absolute Gasteiger partial charge is 0.493 e. The number of anilines is 1. The van der Waals surface area contributed by atoms with Gasteiger partial charge in [-0.15, -0.1) is 0 Å². The van der Waals surface area contributed by atoms with Crippen molar-refractivity contribution in [3.05, 3.63) is 35.5 Å². The maximum atomic E-state index is 14.3. The third kappa shape index (κ3) is 6.41. The minimum absolute atomic E-state index is 0.0634. The predicted octanol–water partition coefficient (Wildman–Crippen LogP) is 3.52. The Kier molecular flexibility index (Phi) is 8.44. The van der Waals surface area contributed by atoms with Crippen LogP contribution in [0.2, 0.25) is 0 Å². The number of nitrogens with one attached hydrogen (secondary N) is 1. The summed E-state index contributed by atoms with van der Waals surface area (Å²) < 4.78 is 25.2. The Labute approximate surface area is 188 Å². The molecule has 0 spiro atoms. The van der Waals surface area contributed by atoms with Gasteiger partial charge in [0, 0.05) is 31.1 Å². The second kappa shape index (κ2) is 11.3. The molecule has 1 atom stereocenters. The Morgan fingerprint density at radius 3 is 2.72 bits per heavy atom. The molecule has 1 aromatic heterocycles. The number of hydrogen-bond acceptors (Lipinski definition) is 7. The summed E-state index contributed by atoms with van der Waals surface area (Å²) in [4.78, 5) is 18.6. The number of ether oxygens (including phenoxy) is 1. The van der Waals surface area contributed by atoms with Crippen molar-refractivity contribution < 1.29 is 23.6 Å². The van der Waals surface area contributed by atoms with E-state index in [-0.39, 0.29) is 18.1 Å². The Balaban J connectivity index is 1.37. The fourth-order valence-corrected chi connectivity index (χ4v) is 3.69. The van der Waals surface area contributed by atoms with Crippen molar-refractivity contribution in [2.45, 2.75) is 58.4 Å². The maximum absolute atomic E-state index is 14.3. The monoisotopic (exact) mass is 448 g/mol. The highest BCUT2D eigenvalue weighted by atomic mass is 19.1. The standard InChI is InChI=1S/C23H33FN4O4/c1-15(2)22-26-23(27-32-22)28-10-8-17(9-11-28)5-4-12-31-18-6-7-19(20(24)13-18)21(30)25-16(3)14-29/h6-7,13,15-17,29H,4-5,8-12,14H2,1-3H3,(H,25,30)/t16-/m1/s1. The SMILES string of the molecule is CC(C)c1nc(N2CCC(CCCOc3ccc(C(=O)N[C@H](C)CO)c(F)c3)CC2)no1. The van der Waals surface area contributed by atoms with Crippen LogP contribution >= 0.6 is 0 Å². The number of aliphatic hydroxyl groups is 1. The molecule has 1 saturated heterocycles. The molecule has 0 radical (unpaired) electrons. The number of amides is 1. The highest BCUT2D eigenvalue weighted by Gasteiger charge is 2.23. The molecule has 2 heterocycles. The summed E-state index contributed by atoms with van der Waals surface area (Å²) in [5.41, 5.74) is -0.0634. The minimum atomic E-state index is -0.639. The van der Waals surface area contributed by atoms with Gasteiger partial charge in [-0.25, -0.2) is 4.39 Å². The third-order valence-corrected chi connectivity index (χ3v) is 5.68. The van der Waals surface area contributed by atoms with Crippen molar-refractivity contribution in [1.82, 2.24) is 15.5 Å². The summed E-state index contributed by atoms with van der Waals surface area (Å²) in [6, 6.07) is 3.79. The minimum Gasteiger partial charge on any atom is -0.493 e. The fourth-order valence-electron chi connectivity index (χ4n) is 3.69. The molecule has 1 aliphatic rings. The number of halogens is 1. The molecule has 9 heteroatoms. The molecular weight excluding hydrogens is 415 g/mol. The zero-order valence-electron chi connectivity index (χ0n) is 19.0. The number of nitrogens with zero attached hydrogens (tertiary/aromatic N) is 3. The molecule has 3 rings (SSSR count). The van der Waals surface area contributed by atoms with Gasteiger partial charge in [0.2, 0.25) is 5.89 Å². The highest BCUT2D eigenvalue weighted by Crippen LogP contribution is 2.26. The zero-order valence-corrected chi connectivity index (χ0v) is 19.0. The van der Waals surface area contributed by atoms with E-state index in [2.05, 4.69) is 20.4 Å². The summed E-state index contributed by atoms with van der Waals surface area (Å²) >= 11 is 0. The first-order valence-electron chi connectivity index (χ1n) is 11.3. The summed E-state index contributed by atoms with van der Waals surface area (Å²) in [6.07, 6.45) is 4.05. The van der Waals surface area contributed by atoms with E-state index in [0.717, 1.165) is 38.8 Å². The molecule has 1 aromatic carbocycles. The van der Waals surface area contributed by atoms with E-state index in [1.165, 1.54) is 12.1 Å². The van der Waals surface area contributed by atoms with E-state index in [1.807, 2.05) is 13.8 Å². The summed E-state index contributed by atoms with van der Waals surface area (Å²) in [5.74, 6) is 1.41. The number of rotatable bonds is 10. The first-order valence-corrected chi connectivity index (χ1v) is 11.3. The number of aromatic nitrogens is 2. The van der Waals surface area contributed by atoms with Gasteiger partial charge in [-0.3, -0.25) is 4.79 Å². The van der Waals surface area contributed by atoms with Gasteiger partial charge in [0.25, 0.3) is 11.9 Å². The molecule has 2 aromatic rings. The van der Waals surface area contributed by atoms with E-state index in [4.69, 9.17) is 14.4 Å². The van der Waals surface area contributed by atoms with Crippen molar-refractivity contribution in [2.24, 2.45) is 5.92 Å². The second-order valence-electron chi connectivity index (χ2n) is 8.71. The van der Waals surface area contributed by atoms with Gasteiger partial charge < -0.3 is 24.6 Å². The van der Waals surface area contributed by atoms with Crippen molar-refractivity contribution >= 4 is 11.9 Å². The average Bonchev–Trinajstić information content (AvgIpc) is 3.28. The number of carbonyl (C=O) groups excluding carboxylic acids is 1. The van der Waals surface area contributed by atoms with Crippen LogP contribution in [0.5, 0.6) is 5.75 Å². The molecule has 176 valence electrons. The lowest BCUT2D eigenvalue weighted by Gasteiger charge is -2.30. The molecule has 1 amide bonds. The van der Waals surface area contributed by atoms with Crippen LogP contribution in [-0.4, -0.2) is 53.5 Å². The topological polar surface area (TPSA) is 101 Å². The average molecular weight is 449 g/mol. The zero-order chi connectivity index (χ0) is 23.1. The van der Waals surface area contributed by atoms with Crippen LogP contribution in [0.25, 0.3) is 0 Å². The normalized spacial score (nSPS) is 15.8. The third-order valence-electron chi connectivity index (χ3n) is 5.68. The van der Waals surface area contributed by atoms with E-state index in [1.54, 1.807) is 13.0 Å². The van der Waals surface area contributed by atoms with Crippen LogP contribution in [0, 0.1) is 11.7 Å². The fraction of sp³-hybridized carbons (Fsp3) is 0.609. The van der Waals surface area contributed by atoms with Gasteiger partial charge in [-0.1, -0.05) is 13.8 Å². The summed E-state index contributed by atoms with van der Waals surface area (Å²) in [6.45, 7) is 7.82. The van der Waals surface area contributed by atoms with Crippen molar-refractivity contribution in [3.8, 4) is 5.75 Å². The lowest BCUT2D eigenvalue weighted by atomic mass is 9.92. The molecule has 8 nitrogen and oxygen atoms in total. The Morgan fingerprint density at radius 2 is 2.09 bits per heavy atom. The summed E-state index contributed by atoms with van der Waals surface area (Å²) in [5, 5.41) is 15.6. The van der Waals surface area contributed by atoms with E-state index in [0.29, 0.717) is 30.1 Å². The molecule has 0 aliphatic carbocycles. The predicted molar refractivity (Wildman–Crippen MR) is 118 cm³/mol. The number of piperidine rings is 1. The van der Waals surface area contributed by atoms with Crippen LogP contribution in [0.4, 0.5) is 10.3 Å². The van der Waals surface area contributed by atoms with Crippen LogP contribution in [-0.2, 0) is 0 Å². The molecule has 2 N–H and O–H groups in total. The van der Waals surface area contributed by atoms with Gasteiger partial charge in [0.05, 0.1) is 18.8 Å². The van der Waals surface area contributed by atoms with Crippen LogP contribution in [0.15, 0.2) is 22.7 Å². The van der Waals surface area contributed by atoms with Crippen molar-refractivity contribution in [3.63, 3.8) is 0 Å². The quantitative estimate of drug-likeness (QED) is 0.536. The van der Waals surface area contributed by atoms with Gasteiger partial charge in [0.1, 0.15) is 11.6 Å².